The van der Waals surface area contributed by atoms with E-state index in [0.717, 1.165) is 5.57 Å². The van der Waals surface area contributed by atoms with Gasteiger partial charge in [0.2, 0.25) is 5.79 Å². The number of nitrogens with zero attached hydrogens (tertiary/aromatic N) is 1. The second-order valence-corrected chi connectivity index (χ2v) is 21.0. The average Bonchev–Trinajstić information content (AvgIpc) is 3.92. The molecule has 64 heavy (non-hydrogen) atoms. The smallest absolute Gasteiger partial charge is 0.329 e. The Morgan fingerprint density at radius 1 is 0.891 bits per heavy atom. The van der Waals surface area contributed by atoms with E-state index in [1.54, 1.807) is 45.7 Å². The van der Waals surface area contributed by atoms with E-state index in [9.17, 15) is 39.3 Å². The quantitative estimate of drug-likeness (QED) is 0.173. The number of esters is 1. The zero-order valence-electron chi connectivity index (χ0n) is 39.3. The number of ether oxygens (including phenoxy) is 4. The van der Waals surface area contributed by atoms with Crippen LogP contribution >= 0.6 is 11.8 Å². The number of piperidine rings is 1. The fraction of sp³-hybridized carbons (Fsp3) is 0.740. The van der Waals surface area contributed by atoms with Gasteiger partial charge in [-0.3, -0.25) is 19.2 Å². The van der Waals surface area contributed by atoms with Gasteiger partial charge in [-0.05, 0) is 101 Å². The number of hydrogen-bond donors (Lipinski definition) is 3. The SMILES string of the molecule is COC1C(=O)[C@H](C)C[C@H](C)/C=C/C=C/C=C(\C)[C@H](SC)CC2CC[C@@H](C)[C@@](O)(O2)C(=O)C(=O)N2CCC3C4[C@H]2C(=O)OC(CC(=O)[C@H](C)/C=C(\C)[C@H]1O)C34C[C@@H]1CCC(O)[C@H](OC)C1. The number of allylic oxidation sites excluding steroid dienone is 6. The van der Waals surface area contributed by atoms with Crippen molar-refractivity contribution in [3.63, 3.8) is 0 Å². The van der Waals surface area contributed by atoms with E-state index in [1.807, 2.05) is 57.4 Å². The standard InChI is InChI=1S/C50H73NO12S/c1-27-13-11-10-12-14-28(2)39(64-9)24-34-17-15-32(6)50(59,63-34)46(56)47(57)51-20-19-35-41-42(51)48(58)62-40(49(35,41)26-33-16-18-36(52)38(23-33)60-7)25-37(53)29(3)22-31(5)44(55)45(61-8)43(54)30(4)21-27/h10-14,22,27,29-30,32-36,38-42,44-45,52,55,59H,15-21,23-26H2,1-9H3/b12-10+,13-11+,28-14+,31-22+/t27-,29-,30-,32-,33-,34?,35?,36?,38-,39-,40?,41?,42+,44-,45?,49?,50-/m1/s1. The molecule has 1 amide bonds. The Labute approximate surface area is 383 Å². The minimum absolute atomic E-state index is 0.0000771. The number of carbonyl (C=O) groups excluding carboxylic acids is 5. The van der Waals surface area contributed by atoms with Gasteiger partial charge in [0.05, 0.1) is 18.3 Å². The van der Waals surface area contributed by atoms with Crippen LogP contribution in [0.5, 0.6) is 0 Å². The van der Waals surface area contributed by atoms with Crippen molar-refractivity contribution in [3.8, 4) is 0 Å². The Morgan fingerprint density at radius 3 is 2.31 bits per heavy atom. The van der Waals surface area contributed by atoms with Crippen molar-refractivity contribution in [2.24, 2.45) is 46.8 Å². The van der Waals surface area contributed by atoms with Gasteiger partial charge in [-0.2, -0.15) is 11.8 Å². The summed E-state index contributed by atoms with van der Waals surface area (Å²) in [6, 6.07) is -1.08. The lowest BCUT2D eigenvalue weighted by Crippen LogP contribution is -2.62. The molecule has 13 nitrogen and oxygen atoms in total. The minimum Gasteiger partial charge on any atom is -0.460 e. The third kappa shape index (κ3) is 10.1. The lowest BCUT2D eigenvalue weighted by Gasteiger charge is -2.44. The fourth-order valence-electron chi connectivity index (χ4n) is 12.0. The van der Waals surface area contributed by atoms with E-state index in [-0.39, 0.29) is 59.6 Å². The molecule has 5 heterocycles. The van der Waals surface area contributed by atoms with Gasteiger partial charge in [-0.1, -0.05) is 69.7 Å². The van der Waals surface area contributed by atoms with Gasteiger partial charge in [-0.15, -0.1) is 0 Å². The predicted octanol–water partition coefficient (Wildman–Crippen LogP) is 5.73. The highest BCUT2D eigenvalue weighted by atomic mass is 32.2. The molecule has 17 atom stereocenters. The van der Waals surface area contributed by atoms with Crippen molar-refractivity contribution >= 4 is 41.0 Å². The number of aliphatic hydroxyl groups is 3. The monoisotopic (exact) mass is 911 g/mol. The number of hydrogen-bond acceptors (Lipinski definition) is 13. The number of thioether (sulfide) groups is 1. The normalized spacial score (nSPS) is 45.8. The molecular formula is C50H73NO12S. The van der Waals surface area contributed by atoms with Crippen LogP contribution in [0.15, 0.2) is 47.6 Å². The van der Waals surface area contributed by atoms with Crippen LogP contribution in [0, 0.1) is 46.8 Å². The molecule has 5 fully saturated rings. The molecule has 0 aromatic rings. The Morgan fingerprint density at radius 2 is 1.62 bits per heavy atom. The van der Waals surface area contributed by atoms with Crippen LogP contribution in [-0.4, -0.2) is 130 Å². The van der Waals surface area contributed by atoms with Crippen molar-refractivity contribution in [3.05, 3.63) is 47.6 Å². The summed E-state index contributed by atoms with van der Waals surface area (Å²) >= 11 is 1.63. The number of amides is 1. The van der Waals surface area contributed by atoms with Crippen molar-refractivity contribution < 1.29 is 58.2 Å². The maximum absolute atomic E-state index is 14.5. The van der Waals surface area contributed by atoms with Crippen molar-refractivity contribution in [2.45, 2.75) is 159 Å². The first-order valence-electron chi connectivity index (χ1n) is 23.5. The number of methoxy groups -OCH3 is 2. The summed E-state index contributed by atoms with van der Waals surface area (Å²) < 4.78 is 23.8. The molecule has 7 aliphatic rings. The third-order valence-corrected chi connectivity index (χ3v) is 16.9. The van der Waals surface area contributed by atoms with Crippen molar-refractivity contribution in [1.29, 1.82) is 0 Å². The number of ketones is 3. The van der Waals surface area contributed by atoms with E-state index in [0.29, 0.717) is 63.4 Å². The van der Waals surface area contributed by atoms with Gasteiger partial charge in [-0.25, -0.2) is 4.79 Å². The summed E-state index contributed by atoms with van der Waals surface area (Å²) in [5.41, 5.74) is 0.794. The lowest BCUT2D eigenvalue weighted by molar-refractivity contribution is -0.263. The zero-order valence-corrected chi connectivity index (χ0v) is 40.1. The zero-order chi connectivity index (χ0) is 46.8. The number of fused-ring (bicyclic) bond motifs is 16. The van der Waals surface area contributed by atoms with Gasteiger partial charge in [0.15, 0.2) is 5.78 Å². The molecule has 0 aromatic carbocycles. The van der Waals surface area contributed by atoms with E-state index >= 15 is 0 Å². The van der Waals surface area contributed by atoms with Gasteiger partial charge >= 0.3 is 5.97 Å². The molecule has 2 saturated carbocycles. The number of aliphatic hydroxyl groups excluding tert-OH is 2. The maximum atomic E-state index is 14.5. The number of rotatable bonds is 5. The largest absolute Gasteiger partial charge is 0.460 e. The molecule has 0 spiro atoms. The summed E-state index contributed by atoms with van der Waals surface area (Å²) in [5, 5.41) is 34.2. The van der Waals surface area contributed by atoms with Gasteiger partial charge in [0, 0.05) is 61.5 Å². The van der Waals surface area contributed by atoms with E-state index in [1.165, 1.54) is 12.0 Å². The Balaban J connectivity index is 1.34. The van der Waals surface area contributed by atoms with Crippen LogP contribution in [0.4, 0.5) is 0 Å². The maximum Gasteiger partial charge on any atom is 0.329 e. The molecular weight excluding hydrogens is 839 g/mol. The molecule has 3 N–H and O–H groups in total. The highest BCUT2D eigenvalue weighted by molar-refractivity contribution is 7.99. The van der Waals surface area contributed by atoms with Crippen LogP contribution in [0.1, 0.15) is 106 Å². The lowest BCUT2D eigenvalue weighted by atomic mass is 9.73. The Hall–Kier alpha value is -2.98. The second-order valence-electron chi connectivity index (χ2n) is 20.0. The Kier molecular flexibility index (Phi) is 16.5. The molecule has 7 unspecified atom stereocenters. The summed E-state index contributed by atoms with van der Waals surface area (Å²) in [5.74, 6) is -7.74. The van der Waals surface area contributed by atoms with Gasteiger partial charge in [0.25, 0.3) is 11.7 Å². The van der Waals surface area contributed by atoms with Crippen molar-refractivity contribution in [1.82, 2.24) is 4.90 Å². The van der Waals surface area contributed by atoms with Crippen molar-refractivity contribution in [2.75, 3.05) is 27.0 Å². The molecule has 3 saturated heterocycles. The first-order chi connectivity index (χ1) is 30.3. The van der Waals surface area contributed by atoms with Crippen LogP contribution in [0.2, 0.25) is 0 Å². The van der Waals surface area contributed by atoms with Gasteiger partial charge < -0.3 is 39.2 Å². The highest BCUT2D eigenvalue weighted by Gasteiger charge is 2.78. The molecule has 6 bridgehead atoms. The molecule has 356 valence electrons. The first kappa shape index (κ1) is 50.4. The van der Waals surface area contributed by atoms with E-state index in [4.69, 9.17) is 18.9 Å². The van der Waals surface area contributed by atoms with Crippen LogP contribution in [0.3, 0.4) is 0 Å². The summed E-state index contributed by atoms with van der Waals surface area (Å²) in [4.78, 5) is 72.3. The average molecular weight is 912 g/mol. The third-order valence-electron chi connectivity index (χ3n) is 15.8. The van der Waals surface area contributed by atoms with Crippen LogP contribution in [0.25, 0.3) is 0 Å². The topological polar surface area (TPSA) is 186 Å². The minimum atomic E-state index is -2.38. The summed E-state index contributed by atoms with van der Waals surface area (Å²) in [6.07, 6.45) is 13.6. The fourth-order valence-corrected chi connectivity index (χ4v) is 12.8. The molecule has 14 heteroatoms. The summed E-state index contributed by atoms with van der Waals surface area (Å²) in [6.45, 7) is 11.1. The van der Waals surface area contributed by atoms with E-state index < -0.39 is 83.2 Å². The first-order valence-corrected chi connectivity index (χ1v) is 24.8. The predicted molar refractivity (Wildman–Crippen MR) is 243 cm³/mol. The number of Topliss-reactive ketones (excluding diaryl/α,β-unsaturated/α-hetero) is 3. The van der Waals surface area contributed by atoms with Crippen LogP contribution in [-0.2, 0) is 42.9 Å². The van der Waals surface area contributed by atoms with Gasteiger partial charge in [0.1, 0.15) is 30.1 Å². The molecule has 5 aliphatic heterocycles. The van der Waals surface area contributed by atoms with E-state index in [2.05, 4.69) is 0 Å². The Bertz CT molecular complexity index is 1880. The highest BCUT2D eigenvalue weighted by Crippen LogP contribution is 2.73. The molecule has 7 rings (SSSR count). The molecule has 0 aromatic heterocycles. The van der Waals surface area contributed by atoms with Crippen LogP contribution < -0.4 is 0 Å². The molecule has 0 radical (unpaired) electrons. The number of carbonyl (C=O) groups is 5. The second kappa shape index (κ2) is 20.9. The molecule has 2 aliphatic carbocycles. The summed E-state index contributed by atoms with van der Waals surface area (Å²) in [7, 11) is 2.97.